The average Bonchev–Trinajstić information content (AvgIpc) is 3.51. The first-order valence-corrected chi connectivity index (χ1v) is 11.3. The largest absolute Gasteiger partial charge is 0.496 e. The molecule has 0 aliphatic heterocycles. The molecular weight excluding hydrogens is 436 g/mol. The van der Waals surface area contributed by atoms with Crippen molar-refractivity contribution in [1.82, 2.24) is 29.9 Å². The second kappa shape index (κ2) is 9.66. The zero-order valence-electron chi connectivity index (χ0n) is 17.8. The highest BCUT2D eigenvalue weighted by molar-refractivity contribution is 7.98. The van der Waals surface area contributed by atoms with Gasteiger partial charge in [-0.3, -0.25) is 9.55 Å². The Balaban J connectivity index is 1.40. The first-order chi connectivity index (χ1) is 16.3. The third-order valence-corrected chi connectivity index (χ3v) is 5.91. The molecule has 0 bridgehead atoms. The Morgan fingerprint density at radius 1 is 0.970 bits per heavy atom. The highest BCUT2D eigenvalue weighted by atomic mass is 32.2. The summed E-state index contributed by atoms with van der Waals surface area (Å²) in [6, 6.07) is 21.7. The molecule has 0 radical (unpaired) electrons. The van der Waals surface area contributed by atoms with Gasteiger partial charge in [-0.1, -0.05) is 59.4 Å². The maximum atomic E-state index is 5.48. The van der Waals surface area contributed by atoms with Gasteiger partial charge in [0.05, 0.1) is 25.0 Å². The summed E-state index contributed by atoms with van der Waals surface area (Å²) in [7, 11) is 1.62. The molecule has 0 aliphatic rings. The lowest BCUT2D eigenvalue weighted by Crippen LogP contribution is -2.04. The van der Waals surface area contributed by atoms with E-state index < -0.39 is 0 Å². The van der Waals surface area contributed by atoms with Gasteiger partial charge in [0.15, 0.2) is 11.0 Å². The van der Waals surface area contributed by atoms with Gasteiger partial charge in [0.2, 0.25) is 11.7 Å². The predicted molar refractivity (Wildman–Crippen MR) is 125 cm³/mol. The van der Waals surface area contributed by atoms with Crippen molar-refractivity contribution in [2.75, 3.05) is 7.11 Å². The summed E-state index contributed by atoms with van der Waals surface area (Å²) in [4.78, 5) is 8.76. The number of para-hydroxylation sites is 1. The third kappa shape index (κ3) is 4.63. The normalized spacial score (nSPS) is 10.9. The van der Waals surface area contributed by atoms with Gasteiger partial charge in [0.25, 0.3) is 0 Å². The van der Waals surface area contributed by atoms with E-state index in [2.05, 4.69) is 42.0 Å². The number of aromatic nitrogens is 6. The number of benzene rings is 2. The number of ether oxygens (including phenoxy) is 1. The van der Waals surface area contributed by atoms with E-state index in [0.717, 1.165) is 27.7 Å². The second-order valence-corrected chi connectivity index (χ2v) is 8.06. The maximum Gasteiger partial charge on any atom is 0.237 e. The van der Waals surface area contributed by atoms with E-state index in [4.69, 9.17) is 9.26 Å². The minimum atomic E-state index is 0.460. The number of methoxy groups -OCH3 is 1. The number of hydrogen-bond donors (Lipinski definition) is 0. The fraction of sp³-hybridized carbons (Fsp3) is 0.125. The van der Waals surface area contributed by atoms with E-state index in [1.165, 1.54) is 11.8 Å². The predicted octanol–water partition coefficient (Wildman–Crippen LogP) is 4.74. The van der Waals surface area contributed by atoms with Gasteiger partial charge in [-0.25, -0.2) is 0 Å². The summed E-state index contributed by atoms with van der Waals surface area (Å²) in [5.41, 5.74) is 2.84. The molecule has 0 saturated heterocycles. The lowest BCUT2D eigenvalue weighted by Gasteiger charge is -2.10. The van der Waals surface area contributed by atoms with Gasteiger partial charge in [0, 0.05) is 18.0 Å². The Morgan fingerprint density at radius 3 is 2.64 bits per heavy atom. The number of hydrogen-bond acceptors (Lipinski definition) is 8. The molecule has 3 aromatic heterocycles. The van der Waals surface area contributed by atoms with Crippen molar-refractivity contribution < 1.29 is 9.26 Å². The molecule has 0 unspecified atom stereocenters. The lowest BCUT2D eigenvalue weighted by atomic mass is 10.2. The fourth-order valence-electron chi connectivity index (χ4n) is 3.39. The van der Waals surface area contributed by atoms with Crippen LogP contribution in [-0.4, -0.2) is 37.0 Å². The summed E-state index contributed by atoms with van der Waals surface area (Å²) in [5, 5.41) is 13.8. The van der Waals surface area contributed by atoms with Crippen LogP contribution in [0, 0.1) is 0 Å². The van der Waals surface area contributed by atoms with Crippen LogP contribution < -0.4 is 4.74 Å². The summed E-state index contributed by atoms with van der Waals surface area (Å²) in [6.45, 7) is 0.636. The summed E-state index contributed by atoms with van der Waals surface area (Å²) >= 11 is 1.49. The number of thioether (sulfide) groups is 1. The van der Waals surface area contributed by atoms with Crippen molar-refractivity contribution >= 4 is 11.8 Å². The monoisotopic (exact) mass is 456 g/mol. The molecule has 5 rings (SSSR count). The molecule has 0 spiro atoms. The molecule has 0 amide bonds. The van der Waals surface area contributed by atoms with Gasteiger partial charge in [0.1, 0.15) is 5.75 Å². The first-order valence-electron chi connectivity index (χ1n) is 10.3. The molecule has 164 valence electrons. The highest BCUT2D eigenvalue weighted by Gasteiger charge is 2.18. The zero-order valence-corrected chi connectivity index (χ0v) is 18.6. The SMILES string of the molecule is COc1ccccc1-c1noc(CSc2nnc(-c3cccnc3)n2Cc2ccccc2)n1. The molecule has 0 saturated carbocycles. The Bertz CT molecular complexity index is 1340. The van der Waals surface area contributed by atoms with Crippen LogP contribution in [0.1, 0.15) is 11.5 Å². The first kappa shape index (κ1) is 20.9. The van der Waals surface area contributed by atoms with Crippen molar-refractivity contribution in [3.63, 3.8) is 0 Å². The minimum Gasteiger partial charge on any atom is -0.496 e. The lowest BCUT2D eigenvalue weighted by molar-refractivity contribution is 0.390. The van der Waals surface area contributed by atoms with E-state index in [0.29, 0.717) is 29.8 Å². The molecule has 33 heavy (non-hydrogen) atoms. The number of nitrogens with zero attached hydrogens (tertiary/aromatic N) is 6. The minimum absolute atomic E-state index is 0.460. The number of rotatable bonds is 8. The molecule has 2 aromatic carbocycles. The molecule has 3 heterocycles. The Labute approximate surface area is 194 Å². The van der Waals surface area contributed by atoms with E-state index in [1.807, 2.05) is 54.6 Å². The van der Waals surface area contributed by atoms with Gasteiger partial charge >= 0.3 is 0 Å². The van der Waals surface area contributed by atoms with Crippen molar-refractivity contribution in [1.29, 1.82) is 0 Å². The Kier molecular flexibility index (Phi) is 6.12. The van der Waals surface area contributed by atoms with Gasteiger partial charge in [-0.05, 0) is 29.8 Å². The molecule has 0 atom stereocenters. The summed E-state index contributed by atoms with van der Waals surface area (Å²) in [6.07, 6.45) is 3.53. The molecule has 8 nitrogen and oxygen atoms in total. The molecule has 0 fully saturated rings. The van der Waals surface area contributed by atoms with Crippen molar-refractivity contribution in [3.8, 4) is 28.5 Å². The second-order valence-electron chi connectivity index (χ2n) is 7.12. The smallest absolute Gasteiger partial charge is 0.237 e. The highest BCUT2D eigenvalue weighted by Crippen LogP contribution is 2.30. The van der Waals surface area contributed by atoms with Crippen LogP contribution in [-0.2, 0) is 12.3 Å². The van der Waals surface area contributed by atoms with E-state index in [-0.39, 0.29) is 0 Å². The Morgan fingerprint density at radius 2 is 1.82 bits per heavy atom. The van der Waals surface area contributed by atoms with Crippen molar-refractivity contribution in [2.45, 2.75) is 17.5 Å². The van der Waals surface area contributed by atoms with Crippen LogP contribution >= 0.6 is 11.8 Å². The molecule has 5 aromatic rings. The van der Waals surface area contributed by atoms with Crippen molar-refractivity contribution in [2.24, 2.45) is 0 Å². The topological polar surface area (TPSA) is 91.8 Å². The molecule has 0 N–H and O–H groups in total. The van der Waals surface area contributed by atoms with Gasteiger partial charge < -0.3 is 9.26 Å². The fourth-order valence-corrected chi connectivity index (χ4v) is 4.17. The quantitative estimate of drug-likeness (QED) is 0.309. The Hall–Kier alpha value is -3.98. The molecular formula is C24H20N6O2S. The summed E-state index contributed by atoms with van der Waals surface area (Å²) in [5.74, 6) is 2.90. The summed E-state index contributed by atoms with van der Waals surface area (Å²) < 4.78 is 13.0. The maximum absolute atomic E-state index is 5.48. The number of pyridine rings is 1. The van der Waals surface area contributed by atoms with E-state index in [1.54, 1.807) is 19.5 Å². The van der Waals surface area contributed by atoms with Gasteiger partial charge in [-0.2, -0.15) is 4.98 Å². The van der Waals surface area contributed by atoms with Crippen LogP contribution in [0.4, 0.5) is 0 Å². The van der Waals surface area contributed by atoms with Crippen LogP contribution in [0.25, 0.3) is 22.8 Å². The average molecular weight is 457 g/mol. The van der Waals surface area contributed by atoms with E-state index in [9.17, 15) is 0 Å². The van der Waals surface area contributed by atoms with Crippen LogP contribution in [0.2, 0.25) is 0 Å². The van der Waals surface area contributed by atoms with E-state index >= 15 is 0 Å². The zero-order chi connectivity index (χ0) is 22.5. The van der Waals surface area contributed by atoms with Crippen LogP contribution in [0.5, 0.6) is 5.75 Å². The molecule has 0 aliphatic carbocycles. The van der Waals surface area contributed by atoms with Crippen LogP contribution in [0.15, 0.2) is 88.8 Å². The third-order valence-electron chi connectivity index (χ3n) is 4.96. The van der Waals surface area contributed by atoms with Crippen LogP contribution in [0.3, 0.4) is 0 Å². The van der Waals surface area contributed by atoms with Crippen molar-refractivity contribution in [3.05, 3.63) is 90.6 Å². The standard InChI is InChI=1S/C24H20N6O2S/c1-31-20-12-6-5-11-19(20)22-26-21(32-29-22)16-33-24-28-27-23(18-10-7-13-25-14-18)30(24)15-17-8-3-2-4-9-17/h2-14H,15-16H2,1H3. The van der Waals surface area contributed by atoms with Gasteiger partial charge in [-0.15, -0.1) is 10.2 Å². The molecule has 9 heteroatoms.